The fourth-order valence-corrected chi connectivity index (χ4v) is 4.41. The maximum absolute atomic E-state index is 11.3. The molecule has 0 aliphatic rings. The Morgan fingerprint density at radius 2 is 1.62 bits per heavy atom. The van der Waals surface area contributed by atoms with E-state index >= 15 is 0 Å². The Morgan fingerprint density at radius 3 is 2.10 bits per heavy atom. The molecule has 0 spiro atoms. The van der Waals surface area contributed by atoms with Crippen LogP contribution in [0.25, 0.3) is 0 Å². The van der Waals surface area contributed by atoms with Gasteiger partial charge in [0.2, 0.25) is 0 Å². The van der Waals surface area contributed by atoms with Crippen LogP contribution in [-0.4, -0.2) is 8.42 Å². The molecule has 2 aromatic rings. The third-order valence-corrected chi connectivity index (χ3v) is 5.78. The molecule has 0 aliphatic carbocycles. The lowest BCUT2D eigenvalue weighted by Gasteiger charge is -2.11. The topological polar surface area (TPSA) is 43.4 Å². The van der Waals surface area contributed by atoms with E-state index in [1.807, 2.05) is 24.3 Å². The van der Waals surface area contributed by atoms with Crippen molar-refractivity contribution in [1.29, 1.82) is 0 Å². The van der Waals surface area contributed by atoms with Gasteiger partial charge in [-0.15, -0.1) is 0 Å². The van der Waals surface area contributed by atoms with Gasteiger partial charge in [-0.25, -0.2) is 8.42 Å². The zero-order valence-corrected chi connectivity index (χ0v) is 17.2. The third-order valence-electron chi connectivity index (χ3n) is 2.55. The van der Waals surface area contributed by atoms with Crippen LogP contribution in [0.15, 0.2) is 50.2 Å². The van der Waals surface area contributed by atoms with E-state index in [9.17, 15) is 8.42 Å². The number of rotatable bonds is 4. The average molecular weight is 566 g/mol. The van der Waals surface area contributed by atoms with Gasteiger partial charge >= 0.3 is 0 Å². The van der Waals surface area contributed by atoms with Gasteiger partial charge in [-0.3, -0.25) is 0 Å². The number of halogens is 4. The molecule has 0 bridgehead atoms. The van der Waals surface area contributed by atoms with Crippen LogP contribution in [0.5, 0.6) is 5.75 Å². The minimum absolute atomic E-state index is 0.00420. The standard InChI is InChI=1S/C13H8Br2ClIO3S/c14-11-5-10(21(16,18)19)6-12(15)13(11)20-7-8-1-3-9(17)4-2-8/h1-6H,7H2. The van der Waals surface area contributed by atoms with Gasteiger partial charge in [-0.2, -0.15) is 0 Å². The van der Waals surface area contributed by atoms with Crippen LogP contribution in [0, 0.1) is 3.57 Å². The summed E-state index contributed by atoms with van der Waals surface area (Å²) in [6, 6.07) is 10.8. The largest absolute Gasteiger partial charge is 0.487 e. The van der Waals surface area contributed by atoms with Crippen LogP contribution in [-0.2, 0) is 15.7 Å². The molecule has 0 unspecified atom stereocenters. The number of ether oxygens (including phenoxy) is 1. The predicted octanol–water partition coefficient (Wildman–Crippen LogP) is 5.32. The van der Waals surface area contributed by atoms with E-state index in [-0.39, 0.29) is 4.90 Å². The SMILES string of the molecule is O=S(=O)(Cl)c1cc(Br)c(OCc2ccc(I)cc2)c(Br)c1. The summed E-state index contributed by atoms with van der Waals surface area (Å²) < 4.78 is 30.6. The molecule has 0 saturated carbocycles. The second-order valence-electron chi connectivity index (χ2n) is 4.07. The van der Waals surface area contributed by atoms with E-state index in [1.165, 1.54) is 12.1 Å². The summed E-state index contributed by atoms with van der Waals surface area (Å²) in [5, 5.41) is 0. The second-order valence-corrected chi connectivity index (χ2v) is 9.59. The van der Waals surface area contributed by atoms with Gasteiger partial charge in [0.05, 0.1) is 13.8 Å². The molecule has 0 aromatic heterocycles. The molecule has 112 valence electrons. The summed E-state index contributed by atoms with van der Waals surface area (Å²) in [6.45, 7) is 0.376. The minimum atomic E-state index is -3.78. The molecule has 0 saturated heterocycles. The lowest BCUT2D eigenvalue weighted by atomic mass is 10.2. The van der Waals surface area contributed by atoms with E-state index in [2.05, 4.69) is 54.5 Å². The zero-order chi connectivity index (χ0) is 15.6. The van der Waals surface area contributed by atoms with E-state index in [0.717, 1.165) is 9.13 Å². The highest BCUT2D eigenvalue weighted by Gasteiger charge is 2.16. The summed E-state index contributed by atoms with van der Waals surface area (Å²) in [6.07, 6.45) is 0. The van der Waals surface area contributed by atoms with Gasteiger partial charge in [0.15, 0.2) is 0 Å². The monoisotopic (exact) mass is 564 g/mol. The molecule has 0 amide bonds. The lowest BCUT2D eigenvalue weighted by molar-refractivity contribution is 0.302. The van der Waals surface area contributed by atoms with Crippen LogP contribution in [0.1, 0.15) is 5.56 Å². The van der Waals surface area contributed by atoms with Crippen molar-refractivity contribution in [2.75, 3.05) is 0 Å². The van der Waals surface area contributed by atoms with E-state index < -0.39 is 9.05 Å². The molecule has 2 aromatic carbocycles. The normalized spacial score (nSPS) is 11.4. The van der Waals surface area contributed by atoms with Gasteiger partial charge in [-0.1, -0.05) is 12.1 Å². The third kappa shape index (κ3) is 4.82. The van der Waals surface area contributed by atoms with Gasteiger partial charge in [-0.05, 0) is 84.3 Å². The minimum Gasteiger partial charge on any atom is -0.487 e. The van der Waals surface area contributed by atoms with Crippen molar-refractivity contribution >= 4 is 74.2 Å². The summed E-state index contributed by atoms with van der Waals surface area (Å²) in [7, 11) is 1.55. The van der Waals surface area contributed by atoms with Crippen molar-refractivity contribution in [2.24, 2.45) is 0 Å². The molecular formula is C13H8Br2ClIO3S. The second kappa shape index (κ2) is 7.16. The van der Waals surface area contributed by atoms with Crippen LogP contribution in [0.2, 0.25) is 0 Å². The smallest absolute Gasteiger partial charge is 0.261 e. The maximum atomic E-state index is 11.3. The quantitative estimate of drug-likeness (QED) is 0.372. The molecule has 0 heterocycles. The molecule has 21 heavy (non-hydrogen) atoms. The first-order chi connectivity index (χ1) is 9.77. The Kier molecular flexibility index (Phi) is 5.98. The summed E-state index contributed by atoms with van der Waals surface area (Å²) >= 11 is 8.83. The van der Waals surface area contributed by atoms with Gasteiger partial charge in [0.1, 0.15) is 12.4 Å². The summed E-state index contributed by atoms with van der Waals surface area (Å²) in [5.74, 6) is 0.526. The Bertz CT molecular complexity index is 740. The Morgan fingerprint density at radius 1 is 1.10 bits per heavy atom. The first-order valence-corrected chi connectivity index (χ1v) is 10.6. The molecule has 0 radical (unpaired) electrons. The number of hydrogen-bond acceptors (Lipinski definition) is 3. The first kappa shape index (κ1) is 17.5. The lowest BCUT2D eigenvalue weighted by Crippen LogP contribution is -1.99. The average Bonchev–Trinajstić information content (AvgIpc) is 2.38. The van der Waals surface area contributed by atoms with Crippen molar-refractivity contribution in [3.05, 3.63) is 54.5 Å². The van der Waals surface area contributed by atoms with Crippen molar-refractivity contribution in [1.82, 2.24) is 0 Å². The fraction of sp³-hybridized carbons (Fsp3) is 0.0769. The zero-order valence-electron chi connectivity index (χ0n) is 10.3. The maximum Gasteiger partial charge on any atom is 0.261 e. The fourth-order valence-electron chi connectivity index (χ4n) is 1.55. The van der Waals surface area contributed by atoms with Crippen molar-refractivity contribution in [2.45, 2.75) is 11.5 Å². The number of benzene rings is 2. The molecule has 0 fully saturated rings. The Hall–Kier alpha value is 0.170. The van der Waals surface area contributed by atoms with Gasteiger partial charge < -0.3 is 4.74 Å². The highest BCUT2D eigenvalue weighted by molar-refractivity contribution is 14.1. The van der Waals surface area contributed by atoms with Crippen LogP contribution in [0.3, 0.4) is 0 Å². The molecular weight excluding hydrogens is 558 g/mol. The molecule has 3 nitrogen and oxygen atoms in total. The van der Waals surface area contributed by atoms with Gasteiger partial charge in [0.25, 0.3) is 9.05 Å². The number of hydrogen-bond donors (Lipinski definition) is 0. The molecule has 8 heteroatoms. The van der Waals surface area contributed by atoms with Crippen molar-refractivity contribution in [3.63, 3.8) is 0 Å². The molecule has 0 atom stereocenters. The summed E-state index contributed by atoms with van der Waals surface area (Å²) in [5.41, 5.74) is 1.02. The Balaban J connectivity index is 2.23. The van der Waals surface area contributed by atoms with Crippen molar-refractivity contribution < 1.29 is 13.2 Å². The van der Waals surface area contributed by atoms with E-state index in [4.69, 9.17) is 15.4 Å². The van der Waals surface area contributed by atoms with E-state index in [0.29, 0.717) is 21.3 Å². The molecule has 0 N–H and O–H groups in total. The molecule has 0 aliphatic heterocycles. The van der Waals surface area contributed by atoms with Crippen LogP contribution >= 0.6 is 65.1 Å². The van der Waals surface area contributed by atoms with Crippen LogP contribution < -0.4 is 4.74 Å². The van der Waals surface area contributed by atoms with Crippen molar-refractivity contribution in [3.8, 4) is 5.75 Å². The highest BCUT2D eigenvalue weighted by atomic mass is 127. The predicted molar refractivity (Wildman–Crippen MR) is 98.4 cm³/mol. The van der Waals surface area contributed by atoms with Crippen LogP contribution in [0.4, 0.5) is 0 Å². The van der Waals surface area contributed by atoms with Gasteiger partial charge in [0, 0.05) is 14.3 Å². The molecule has 2 rings (SSSR count). The van der Waals surface area contributed by atoms with E-state index in [1.54, 1.807) is 0 Å². The Labute approximate surface area is 157 Å². The summed E-state index contributed by atoms with van der Waals surface area (Å²) in [4.78, 5) is 0.00420. The highest BCUT2D eigenvalue weighted by Crippen LogP contribution is 2.37. The first-order valence-electron chi connectivity index (χ1n) is 5.58.